The summed E-state index contributed by atoms with van der Waals surface area (Å²) in [6.45, 7) is 0.138. The van der Waals surface area contributed by atoms with Crippen LogP contribution in [0.1, 0.15) is 19.3 Å². The third-order valence-electron chi connectivity index (χ3n) is 6.55. The number of halogens is 3. The minimum atomic E-state index is -4.91. The number of nitrogens with one attached hydrogen (secondary N) is 1. The van der Waals surface area contributed by atoms with E-state index in [2.05, 4.69) is 4.74 Å². The minimum Gasteiger partial charge on any atom is -0.494 e. The number of hydrogen-bond donors (Lipinski definition) is 3. The Morgan fingerprint density at radius 3 is 2.41 bits per heavy atom. The average Bonchev–Trinajstić information content (AvgIpc) is 3.23. The Kier molecular flexibility index (Phi) is 8.65. The van der Waals surface area contributed by atoms with Gasteiger partial charge in [0.1, 0.15) is 11.5 Å². The Bertz CT molecular complexity index is 1540. The maximum absolute atomic E-state index is 13.3. The van der Waals surface area contributed by atoms with Crippen molar-refractivity contribution < 1.29 is 50.9 Å². The Hall–Kier alpha value is -4.02. The second kappa shape index (κ2) is 11.8. The normalized spacial score (nSPS) is 15.3. The van der Waals surface area contributed by atoms with Gasteiger partial charge in [-0.25, -0.2) is 18.7 Å². The SMILES string of the molecule is O=C(NO)C1(S(=O)(=O)c2ccc(OCCCn3c(O)cn(-c4cccc(OC(F)(F)F)c4)c3=O)cc2)CCOCC1. The second-order valence-corrected chi connectivity index (χ2v) is 11.3. The van der Waals surface area contributed by atoms with Crippen LogP contribution in [0.25, 0.3) is 5.69 Å². The average molecular weight is 602 g/mol. The molecule has 41 heavy (non-hydrogen) atoms. The molecule has 0 aliphatic carbocycles. The van der Waals surface area contributed by atoms with Crippen molar-refractivity contribution in [2.75, 3.05) is 19.8 Å². The molecule has 1 amide bonds. The lowest BCUT2D eigenvalue weighted by atomic mass is 9.98. The number of hydrogen-bond acceptors (Lipinski definition) is 9. The summed E-state index contributed by atoms with van der Waals surface area (Å²) in [4.78, 5) is 25.0. The van der Waals surface area contributed by atoms with Gasteiger partial charge in [0.15, 0.2) is 14.6 Å². The van der Waals surface area contributed by atoms with E-state index < -0.39 is 44.2 Å². The molecular weight excluding hydrogens is 575 g/mol. The van der Waals surface area contributed by atoms with Crippen molar-refractivity contribution in [3.63, 3.8) is 0 Å². The van der Waals surface area contributed by atoms with Gasteiger partial charge in [-0.2, -0.15) is 0 Å². The number of benzene rings is 2. The Balaban J connectivity index is 1.39. The number of nitrogens with zero attached hydrogens (tertiary/aromatic N) is 2. The fourth-order valence-corrected chi connectivity index (χ4v) is 6.41. The number of carbonyl (C=O) groups is 1. The van der Waals surface area contributed by atoms with Crippen LogP contribution in [0, 0.1) is 0 Å². The van der Waals surface area contributed by atoms with Gasteiger partial charge >= 0.3 is 12.1 Å². The van der Waals surface area contributed by atoms with E-state index >= 15 is 0 Å². The number of imidazole rings is 1. The van der Waals surface area contributed by atoms with Crippen LogP contribution in [0.3, 0.4) is 0 Å². The van der Waals surface area contributed by atoms with Gasteiger partial charge in [-0.15, -0.1) is 13.2 Å². The van der Waals surface area contributed by atoms with Crippen LogP contribution in [-0.2, 0) is 25.9 Å². The lowest BCUT2D eigenvalue weighted by Gasteiger charge is -2.34. The van der Waals surface area contributed by atoms with Crippen LogP contribution in [0.5, 0.6) is 17.4 Å². The van der Waals surface area contributed by atoms with E-state index in [0.717, 1.165) is 27.5 Å². The van der Waals surface area contributed by atoms with Crippen molar-refractivity contribution in [2.24, 2.45) is 0 Å². The molecule has 3 aromatic rings. The molecule has 2 aromatic carbocycles. The van der Waals surface area contributed by atoms with Crippen LogP contribution in [0.4, 0.5) is 13.2 Å². The van der Waals surface area contributed by atoms with Crippen LogP contribution < -0.4 is 20.6 Å². The van der Waals surface area contributed by atoms with Gasteiger partial charge in [-0.05, 0) is 55.7 Å². The third-order valence-corrected chi connectivity index (χ3v) is 9.06. The number of alkyl halides is 3. The minimum absolute atomic E-state index is 0.00370. The number of aromatic nitrogens is 2. The molecule has 1 fully saturated rings. The molecule has 1 aliphatic heterocycles. The summed E-state index contributed by atoms with van der Waals surface area (Å²) in [6.07, 6.45) is -3.86. The largest absolute Gasteiger partial charge is 0.573 e. The molecule has 0 saturated carbocycles. The van der Waals surface area contributed by atoms with E-state index in [-0.39, 0.29) is 56.2 Å². The van der Waals surface area contributed by atoms with E-state index in [1.165, 1.54) is 41.9 Å². The Morgan fingerprint density at radius 2 is 1.78 bits per heavy atom. The highest BCUT2D eigenvalue weighted by atomic mass is 32.2. The number of rotatable bonds is 10. The Morgan fingerprint density at radius 1 is 1.10 bits per heavy atom. The predicted molar refractivity (Wildman–Crippen MR) is 135 cm³/mol. The van der Waals surface area contributed by atoms with Crippen molar-refractivity contribution >= 4 is 15.7 Å². The van der Waals surface area contributed by atoms with Crippen LogP contribution in [0.15, 0.2) is 64.4 Å². The van der Waals surface area contributed by atoms with Gasteiger partial charge < -0.3 is 19.3 Å². The molecule has 0 radical (unpaired) electrons. The quantitative estimate of drug-likeness (QED) is 0.180. The lowest BCUT2D eigenvalue weighted by molar-refractivity contribution is -0.274. The molecule has 2 heterocycles. The Labute approximate surface area is 231 Å². The monoisotopic (exact) mass is 601 g/mol. The van der Waals surface area contributed by atoms with Crippen LogP contribution in [0.2, 0.25) is 0 Å². The van der Waals surface area contributed by atoms with Crippen molar-refractivity contribution in [1.29, 1.82) is 0 Å². The van der Waals surface area contributed by atoms with Crippen molar-refractivity contribution in [1.82, 2.24) is 14.6 Å². The molecule has 16 heteroatoms. The number of carbonyl (C=O) groups excluding carboxylic acids is 1. The first kappa shape index (κ1) is 30.0. The van der Waals surface area contributed by atoms with Gasteiger partial charge in [0.25, 0.3) is 5.91 Å². The summed E-state index contributed by atoms with van der Waals surface area (Å²) in [6, 6.07) is 10.1. The molecule has 222 valence electrons. The molecule has 1 saturated heterocycles. The van der Waals surface area contributed by atoms with Gasteiger partial charge in [0.2, 0.25) is 5.88 Å². The summed E-state index contributed by atoms with van der Waals surface area (Å²) in [5.41, 5.74) is 0.804. The molecule has 1 aromatic heterocycles. The smallest absolute Gasteiger partial charge is 0.494 e. The number of hydroxylamine groups is 1. The lowest BCUT2D eigenvalue weighted by Crippen LogP contribution is -2.54. The van der Waals surface area contributed by atoms with E-state index in [4.69, 9.17) is 14.7 Å². The molecule has 4 rings (SSSR count). The number of sulfone groups is 1. The van der Waals surface area contributed by atoms with Gasteiger partial charge in [0.05, 0.1) is 23.4 Å². The maximum atomic E-state index is 13.3. The maximum Gasteiger partial charge on any atom is 0.573 e. The van der Waals surface area contributed by atoms with E-state index in [9.17, 15) is 36.3 Å². The first-order chi connectivity index (χ1) is 19.4. The summed E-state index contributed by atoms with van der Waals surface area (Å²) in [5, 5.41) is 19.4. The molecule has 0 bridgehead atoms. The molecule has 12 nitrogen and oxygen atoms in total. The van der Waals surface area contributed by atoms with Crippen molar-refractivity contribution in [3.8, 4) is 23.1 Å². The highest BCUT2D eigenvalue weighted by molar-refractivity contribution is 7.93. The van der Waals surface area contributed by atoms with Crippen LogP contribution >= 0.6 is 0 Å². The zero-order valence-electron chi connectivity index (χ0n) is 21.3. The molecule has 3 N–H and O–H groups in total. The number of amides is 1. The molecule has 0 atom stereocenters. The fraction of sp³-hybridized carbons (Fsp3) is 0.360. The molecule has 1 aliphatic rings. The van der Waals surface area contributed by atoms with E-state index in [1.54, 1.807) is 0 Å². The van der Waals surface area contributed by atoms with Gasteiger partial charge in [-0.1, -0.05) is 6.07 Å². The van der Waals surface area contributed by atoms with Gasteiger partial charge in [-0.3, -0.25) is 19.1 Å². The second-order valence-electron chi connectivity index (χ2n) is 9.06. The van der Waals surface area contributed by atoms with Gasteiger partial charge in [0, 0.05) is 25.8 Å². The first-order valence-electron chi connectivity index (χ1n) is 12.2. The zero-order chi connectivity index (χ0) is 29.8. The summed E-state index contributed by atoms with van der Waals surface area (Å²) < 4.78 is 79.0. The zero-order valence-corrected chi connectivity index (χ0v) is 22.2. The summed E-state index contributed by atoms with van der Waals surface area (Å²) >= 11 is 0. The molecular formula is C25H26F3N3O9S. The van der Waals surface area contributed by atoms with E-state index in [0.29, 0.717) is 5.75 Å². The highest BCUT2D eigenvalue weighted by Crippen LogP contribution is 2.36. The summed E-state index contributed by atoms with van der Waals surface area (Å²) in [7, 11) is -4.19. The van der Waals surface area contributed by atoms with E-state index in [1.807, 2.05) is 0 Å². The standard InChI is InChI=1S/C25H26F3N3O9S/c26-25(27,28)40-19-4-1-3-17(15-19)31-16-21(32)30(23(31)34)11-2-12-39-18-5-7-20(8-6-18)41(36,37)24(22(33)29-35)9-13-38-14-10-24/h1,3-8,15-16,32,35H,2,9-14H2,(H,29,33). The van der Waals surface area contributed by atoms with Crippen molar-refractivity contribution in [3.05, 3.63) is 65.2 Å². The first-order valence-corrected chi connectivity index (χ1v) is 13.7. The fourth-order valence-electron chi connectivity index (χ4n) is 4.47. The molecule has 0 spiro atoms. The summed E-state index contributed by atoms with van der Waals surface area (Å²) in [5.74, 6) is -1.68. The topological polar surface area (TPSA) is 158 Å². The number of ether oxygens (including phenoxy) is 3. The van der Waals surface area contributed by atoms with Crippen molar-refractivity contribution in [2.45, 2.75) is 41.8 Å². The number of aromatic hydroxyl groups is 1. The van der Waals surface area contributed by atoms with Crippen LogP contribution in [-0.4, -0.2) is 64.7 Å². The predicted octanol–water partition coefficient (Wildman–Crippen LogP) is 2.54. The third kappa shape index (κ3) is 6.34. The molecule has 0 unspecified atom stereocenters. The highest BCUT2D eigenvalue weighted by Gasteiger charge is 2.52.